The second-order valence-corrected chi connectivity index (χ2v) is 18.1. The van der Waals surface area contributed by atoms with Gasteiger partial charge in [-0.2, -0.15) is 20.5 Å². The van der Waals surface area contributed by atoms with Crippen molar-refractivity contribution in [2.75, 3.05) is 13.1 Å². The van der Waals surface area contributed by atoms with Crippen molar-refractivity contribution in [3.63, 3.8) is 0 Å². The number of pyridine rings is 2. The minimum atomic E-state index is -1.14. The van der Waals surface area contributed by atoms with Gasteiger partial charge in [0.1, 0.15) is 50.2 Å². The normalized spacial score (nSPS) is 11.8. The third kappa shape index (κ3) is 15.0. The number of carboxylic acids is 2. The average molecular weight is 1110 g/mol. The molecule has 0 bridgehead atoms. The second-order valence-electron chi connectivity index (χ2n) is 16.4. The molecule has 374 valence electrons. The van der Waals surface area contributed by atoms with Crippen LogP contribution in [0.25, 0.3) is 11.1 Å². The minimum absolute atomic E-state index is 0.0182. The third-order valence-corrected chi connectivity index (χ3v) is 12.3. The van der Waals surface area contributed by atoms with Gasteiger partial charge in [0, 0.05) is 37.3 Å². The molecule has 0 aliphatic rings. The lowest BCUT2D eigenvalue weighted by atomic mass is 9.92. The first-order valence-electron chi connectivity index (χ1n) is 22.2. The number of halogens is 4. The predicted molar refractivity (Wildman–Crippen MR) is 265 cm³/mol. The summed E-state index contributed by atoms with van der Waals surface area (Å²) in [5, 5.41) is 63.0. The number of aliphatic hydroxyl groups excluding tert-OH is 2. The Morgan fingerprint density at radius 1 is 0.597 bits per heavy atom. The van der Waals surface area contributed by atoms with Gasteiger partial charge in [-0.3, -0.25) is 9.59 Å². The molecule has 0 aliphatic carbocycles. The summed E-state index contributed by atoms with van der Waals surface area (Å²) in [7, 11) is 0. The Bertz CT molecular complexity index is 2820. The lowest BCUT2D eigenvalue weighted by Gasteiger charge is -2.18. The summed E-state index contributed by atoms with van der Waals surface area (Å²) in [6, 6.07) is 26.9. The van der Waals surface area contributed by atoms with E-state index < -0.39 is 48.6 Å². The molecule has 2 atom stereocenters. The number of ether oxygens (including phenoxy) is 4. The molecule has 6 rings (SSSR count). The van der Waals surface area contributed by atoms with Crippen LogP contribution in [0, 0.1) is 48.1 Å². The van der Waals surface area contributed by atoms with Crippen LogP contribution in [0.1, 0.15) is 68.5 Å². The summed E-state index contributed by atoms with van der Waals surface area (Å²) < 4.78 is 53.8. The molecule has 0 saturated carbocycles. The van der Waals surface area contributed by atoms with Crippen molar-refractivity contribution in [3.8, 4) is 46.8 Å². The number of nitriles is 2. The van der Waals surface area contributed by atoms with E-state index in [0.29, 0.717) is 31.2 Å². The molecular weight excluding hydrogens is 1070 g/mol. The highest BCUT2D eigenvalue weighted by atomic mass is 79.9. The molecule has 2 aromatic heterocycles. The number of carboxylic acid groups (broad SMARTS) is 2. The van der Waals surface area contributed by atoms with E-state index in [9.17, 15) is 39.1 Å². The van der Waals surface area contributed by atoms with Crippen LogP contribution >= 0.6 is 31.9 Å². The molecule has 72 heavy (non-hydrogen) atoms. The highest BCUT2D eigenvalue weighted by Crippen LogP contribution is 2.35. The fourth-order valence-electron chi connectivity index (χ4n) is 7.34. The first kappa shape index (κ1) is 54.3. The Balaban J connectivity index is 1.19. The fourth-order valence-corrected chi connectivity index (χ4v) is 8.30. The Kier molecular flexibility index (Phi) is 19.5. The number of aliphatic hydroxyl groups is 2. The van der Waals surface area contributed by atoms with E-state index in [-0.39, 0.29) is 87.3 Å². The van der Waals surface area contributed by atoms with Crippen molar-refractivity contribution in [1.29, 1.82) is 10.5 Å². The summed E-state index contributed by atoms with van der Waals surface area (Å²) >= 11 is 7.11. The van der Waals surface area contributed by atoms with Gasteiger partial charge in [-0.15, -0.1) is 0 Å². The number of benzene rings is 4. The van der Waals surface area contributed by atoms with Gasteiger partial charge in [0.05, 0.1) is 45.1 Å². The van der Waals surface area contributed by atoms with Crippen LogP contribution < -0.4 is 29.6 Å². The largest absolute Gasteiger partial charge is 0.481 e. The fraction of sp³-hybridized carbons (Fsp3) is 0.269. The Morgan fingerprint density at radius 3 is 1.36 bits per heavy atom. The van der Waals surface area contributed by atoms with Crippen molar-refractivity contribution in [2.45, 2.75) is 78.4 Å². The molecule has 6 aromatic rings. The molecule has 0 aliphatic heterocycles. The number of rotatable bonds is 25. The first-order valence-corrected chi connectivity index (χ1v) is 23.8. The lowest BCUT2D eigenvalue weighted by Crippen LogP contribution is -2.28. The van der Waals surface area contributed by atoms with Crippen molar-refractivity contribution in [3.05, 3.63) is 161 Å². The van der Waals surface area contributed by atoms with Gasteiger partial charge in [0.2, 0.25) is 23.5 Å². The number of hydrogen-bond donors (Lipinski definition) is 6. The summed E-state index contributed by atoms with van der Waals surface area (Å²) in [5.74, 6) is -2.89. The van der Waals surface area contributed by atoms with Crippen molar-refractivity contribution >= 4 is 43.8 Å². The van der Waals surface area contributed by atoms with Crippen LogP contribution in [0.3, 0.4) is 0 Å². The number of hydrogen-bond acceptors (Lipinski definition) is 14. The van der Waals surface area contributed by atoms with Crippen LogP contribution in [0.5, 0.6) is 23.5 Å². The maximum atomic E-state index is 14.1. The zero-order chi connectivity index (χ0) is 51.9. The van der Waals surface area contributed by atoms with E-state index in [2.05, 4.69) is 52.5 Å². The Labute approximate surface area is 430 Å². The van der Waals surface area contributed by atoms with Gasteiger partial charge in [-0.05, 0) is 127 Å². The van der Waals surface area contributed by atoms with Crippen LogP contribution in [0.2, 0.25) is 0 Å². The number of nitrogens with one attached hydrogen (secondary N) is 2. The standard InChI is InChI=1S/C52H48Br2F2N6O10/c1-29-33(27-71-51-43(53)15-37(21-59-23-39(63)17-47(65)66)49(61-51)69-25-31-9-11-45(55)35(13-31)19-57)5-3-7-41(29)42-8-4-6-34(30(42)2)28-72-52-44(54)16-38(22-60-24-40(64)18-48(67)68)50(62-52)70-26-32-10-12-46(56)36(14-32)20-58/h3-16,39-40,59-60,63-64H,17-18,21-28H2,1-2H3,(H,65,66)(H,67,68). The van der Waals surface area contributed by atoms with E-state index in [1.165, 1.54) is 36.4 Å². The Hall–Kier alpha value is -7.04. The zero-order valence-corrected chi connectivity index (χ0v) is 42.0. The van der Waals surface area contributed by atoms with Gasteiger partial charge >= 0.3 is 11.9 Å². The molecule has 2 heterocycles. The van der Waals surface area contributed by atoms with Gasteiger partial charge in [-0.1, -0.05) is 48.5 Å². The molecule has 0 radical (unpaired) electrons. The molecule has 0 spiro atoms. The maximum absolute atomic E-state index is 14.1. The molecule has 0 amide bonds. The molecule has 16 nitrogen and oxygen atoms in total. The van der Waals surface area contributed by atoms with Crippen LogP contribution in [0.15, 0.2) is 93.9 Å². The van der Waals surface area contributed by atoms with Gasteiger partial charge in [0.25, 0.3) is 0 Å². The van der Waals surface area contributed by atoms with Gasteiger partial charge in [0.15, 0.2) is 0 Å². The molecule has 20 heteroatoms. The van der Waals surface area contributed by atoms with Gasteiger partial charge in [-0.25, -0.2) is 8.78 Å². The number of carbonyl (C=O) groups is 2. The van der Waals surface area contributed by atoms with Gasteiger partial charge < -0.3 is 50.0 Å². The van der Waals surface area contributed by atoms with E-state index in [1.54, 1.807) is 12.1 Å². The number of nitrogens with zero attached hydrogens (tertiary/aromatic N) is 4. The first-order chi connectivity index (χ1) is 34.5. The lowest BCUT2D eigenvalue weighted by molar-refractivity contribution is -0.140. The third-order valence-electron chi connectivity index (χ3n) is 11.1. The summed E-state index contributed by atoms with van der Waals surface area (Å²) in [6.45, 7) is 4.29. The SMILES string of the molecule is Cc1c(COc2nc(OCc3ccc(F)c(C#N)c3)c(CNCC(O)CC(=O)O)cc2Br)cccc1-c1cccc(COc2nc(OCc3ccc(F)c(C#N)c3)c(CNCC(O)CC(=O)O)cc2Br)c1C. The second kappa shape index (κ2) is 25.9. The molecule has 0 fully saturated rings. The van der Waals surface area contributed by atoms with E-state index >= 15 is 0 Å². The molecule has 4 aromatic carbocycles. The van der Waals surface area contributed by atoms with E-state index in [1.807, 2.05) is 62.4 Å². The molecule has 2 unspecified atom stereocenters. The quantitative estimate of drug-likeness (QED) is 0.0314. The summed E-state index contributed by atoms with van der Waals surface area (Å²) in [5.41, 5.74) is 7.31. The van der Waals surface area contributed by atoms with E-state index in [4.69, 9.17) is 29.2 Å². The molecular formula is C52H48Br2F2N6O10. The van der Waals surface area contributed by atoms with Crippen molar-refractivity contribution < 1.29 is 57.7 Å². The summed E-state index contributed by atoms with van der Waals surface area (Å²) in [4.78, 5) is 31.4. The van der Waals surface area contributed by atoms with Crippen molar-refractivity contribution in [1.82, 2.24) is 20.6 Å². The predicted octanol–water partition coefficient (Wildman–Crippen LogP) is 8.47. The molecule has 6 N–H and O–H groups in total. The van der Waals surface area contributed by atoms with Crippen LogP contribution in [-0.2, 0) is 49.1 Å². The van der Waals surface area contributed by atoms with Crippen molar-refractivity contribution in [2.24, 2.45) is 0 Å². The Morgan fingerprint density at radius 2 is 0.986 bits per heavy atom. The zero-order valence-electron chi connectivity index (χ0n) is 38.8. The number of aliphatic carboxylic acids is 2. The topological polar surface area (TPSA) is 249 Å². The van der Waals surface area contributed by atoms with Crippen LogP contribution in [-0.4, -0.2) is 67.6 Å². The summed E-state index contributed by atoms with van der Waals surface area (Å²) in [6.07, 6.45) is -3.14. The average Bonchev–Trinajstić information content (AvgIpc) is 3.34. The number of aromatic nitrogens is 2. The van der Waals surface area contributed by atoms with Crippen LogP contribution in [0.4, 0.5) is 8.78 Å². The smallest absolute Gasteiger partial charge is 0.306 e. The monoisotopic (exact) mass is 1110 g/mol. The highest BCUT2D eigenvalue weighted by Gasteiger charge is 2.20. The maximum Gasteiger partial charge on any atom is 0.306 e. The minimum Gasteiger partial charge on any atom is -0.481 e. The molecule has 0 saturated heterocycles. The highest BCUT2D eigenvalue weighted by molar-refractivity contribution is 9.10. The van der Waals surface area contributed by atoms with E-state index in [0.717, 1.165) is 33.4 Å².